The minimum atomic E-state index is -0.918. The lowest BCUT2D eigenvalue weighted by atomic mass is 9.84. The number of aliphatic carboxylic acids is 1. The molecule has 1 fully saturated rings. The quantitative estimate of drug-likeness (QED) is 0.337. The normalized spacial score (nSPS) is 20.6. The Morgan fingerprint density at radius 3 is 2.70 bits per heavy atom. The van der Waals surface area contributed by atoms with Crippen LogP contribution in [0.3, 0.4) is 0 Å². The molecule has 3 aromatic rings. The molecule has 10 nitrogen and oxygen atoms in total. The van der Waals surface area contributed by atoms with Crippen LogP contribution < -0.4 is 23.8 Å². The Hall–Kier alpha value is -4.44. The first-order valence-corrected chi connectivity index (χ1v) is 15.3. The predicted octanol–water partition coefficient (Wildman–Crippen LogP) is 3.52. The third-order valence-electron chi connectivity index (χ3n) is 9.04. The van der Waals surface area contributed by atoms with Crippen LogP contribution in [0.2, 0.25) is 0 Å². The Morgan fingerprint density at radius 2 is 1.91 bits per heavy atom. The predicted molar refractivity (Wildman–Crippen MR) is 164 cm³/mol. The van der Waals surface area contributed by atoms with Crippen LogP contribution in [0.1, 0.15) is 43.2 Å². The van der Waals surface area contributed by atoms with Crippen LogP contribution in [-0.4, -0.2) is 66.8 Å². The standard InChI is InChI=1S/C34H38N4O6/c1-3-4-15-37(25-9-7-14-35(2)19-25)32(40)21-36-20-26(23-11-12-29-30(17-23)44-22-43-29)33(34(41)42)28(36)13-16-38-27-10-6-5-8-24(27)18-31(38)39/h5-12,14,17,19,26,28,33H,3-4,13,15-16,18,20-22H2,1-2H3/p+1/t26-,28+,33?/m1/s1. The van der Waals surface area contributed by atoms with Crippen LogP contribution in [0, 0.1) is 5.92 Å². The smallest absolute Gasteiger partial charge is 0.308 e. The van der Waals surface area contributed by atoms with E-state index in [1.54, 1.807) is 4.90 Å². The Labute approximate surface area is 257 Å². The van der Waals surface area contributed by atoms with Gasteiger partial charge >= 0.3 is 5.97 Å². The number of nitrogens with zero attached hydrogens (tertiary/aromatic N) is 4. The molecule has 3 aliphatic rings. The number of para-hydroxylation sites is 1. The number of aromatic nitrogens is 1. The van der Waals surface area contributed by atoms with Crippen molar-refractivity contribution < 1.29 is 33.5 Å². The highest BCUT2D eigenvalue weighted by atomic mass is 16.7. The lowest BCUT2D eigenvalue weighted by Crippen LogP contribution is -2.46. The van der Waals surface area contributed by atoms with Crippen LogP contribution in [0.25, 0.3) is 0 Å². The molecule has 4 heterocycles. The van der Waals surface area contributed by atoms with Gasteiger partial charge in [-0.05, 0) is 48.2 Å². The summed E-state index contributed by atoms with van der Waals surface area (Å²) in [6.45, 7) is 3.63. The molecule has 10 heteroatoms. The minimum absolute atomic E-state index is 0.00806. The SMILES string of the molecule is CCCCN(C(=O)CN1C[C@H](c2ccc3c(c2)OCO3)C(C(=O)O)[C@@H]1CCN1C(=O)Cc2ccccc21)c1ccc[n+](C)c1. The van der Waals surface area contributed by atoms with Crippen molar-refractivity contribution in [3.8, 4) is 11.5 Å². The van der Waals surface area contributed by atoms with Crippen LogP contribution >= 0.6 is 0 Å². The van der Waals surface area contributed by atoms with Crippen molar-refractivity contribution in [2.45, 2.75) is 44.6 Å². The van der Waals surface area contributed by atoms with Crippen LogP contribution in [-0.2, 0) is 27.9 Å². The van der Waals surface area contributed by atoms with E-state index in [9.17, 15) is 19.5 Å². The van der Waals surface area contributed by atoms with Crippen LogP contribution in [0.15, 0.2) is 67.0 Å². The number of benzene rings is 2. The zero-order valence-corrected chi connectivity index (χ0v) is 25.2. The molecule has 1 unspecified atom stereocenters. The maximum Gasteiger partial charge on any atom is 0.308 e. The third-order valence-corrected chi connectivity index (χ3v) is 9.04. The van der Waals surface area contributed by atoms with E-state index < -0.39 is 17.9 Å². The Kier molecular flexibility index (Phi) is 8.52. The lowest BCUT2D eigenvalue weighted by Gasteiger charge is -2.30. The van der Waals surface area contributed by atoms with Crippen molar-refractivity contribution in [3.05, 3.63) is 78.1 Å². The molecule has 0 bridgehead atoms. The number of carbonyl (C=O) groups is 3. The molecule has 1 aromatic heterocycles. The number of ether oxygens (including phenoxy) is 2. The second kappa shape index (κ2) is 12.7. The fraction of sp³-hybridized carbons (Fsp3) is 0.412. The molecular formula is C34H39N4O6+. The van der Waals surface area contributed by atoms with Gasteiger partial charge in [-0.15, -0.1) is 0 Å². The van der Waals surface area contributed by atoms with Crippen LogP contribution in [0.5, 0.6) is 11.5 Å². The monoisotopic (exact) mass is 599 g/mol. The first-order chi connectivity index (χ1) is 21.3. The number of rotatable bonds is 11. The molecule has 2 aromatic carbocycles. The van der Waals surface area contributed by atoms with Gasteiger partial charge in [-0.3, -0.25) is 19.3 Å². The van der Waals surface area contributed by atoms with Crippen molar-refractivity contribution in [2.24, 2.45) is 13.0 Å². The molecule has 3 aliphatic heterocycles. The number of hydrogen-bond donors (Lipinski definition) is 1. The molecule has 1 N–H and O–H groups in total. The zero-order valence-electron chi connectivity index (χ0n) is 25.2. The van der Waals surface area contributed by atoms with Gasteiger partial charge in [0, 0.05) is 43.3 Å². The van der Waals surface area contributed by atoms with E-state index >= 15 is 0 Å². The topological polar surface area (TPSA) is 104 Å². The van der Waals surface area contributed by atoms with Gasteiger partial charge in [0.2, 0.25) is 18.6 Å². The molecule has 44 heavy (non-hydrogen) atoms. The number of aryl methyl sites for hydroxylation is 1. The summed E-state index contributed by atoms with van der Waals surface area (Å²) in [7, 11) is 1.92. The number of carboxylic acid groups (broad SMARTS) is 1. The van der Waals surface area contributed by atoms with Gasteiger partial charge in [0.15, 0.2) is 23.9 Å². The number of anilines is 2. The van der Waals surface area contributed by atoms with Crippen molar-refractivity contribution in [2.75, 3.05) is 42.8 Å². The highest BCUT2D eigenvalue weighted by molar-refractivity contribution is 6.01. The van der Waals surface area contributed by atoms with Gasteiger partial charge in [-0.1, -0.05) is 37.6 Å². The number of likely N-dealkylation sites (tertiary alicyclic amines) is 1. The number of hydrogen-bond acceptors (Lipinski definition) is 6. The molecular weight excluding hydrogens is 560 g/mol. The van der Waals surface area contributed by atoms with E-state index in [1.165, 1.54) is 0 Å². The molecule has 1 saturated heterocycles. The first kappa shape index (κ1) is 29.6. The summed E-state index contributed by atoms with van der Waals surface area (Å²) in [4.78, 5) is 45.6. The van der Waals surface area contributed by atoms with E-state index in [2.05, 4.69) is 6.92 Å². The van der Waals surface area contributed by atoms with Crippen molar-refractivity contribution in [3.63, 3.8) is 0 Å². The van der Waals surface area contributed by atoms with Gasteiger partial charge in [0.25, 0.3) is 0 Å². The average Bonchev–Trinajstić information content (AvgIpc) is 3.71. The van der Waals surface area contributed by atoms with Gasteiger partial charge in [0.05, 0.1) is 18.9 Å². The Bertz CT molecular complexity index is 1560. The summed E-state index contributed by atoms with van der Waals surface area (Å²) in [5.41, 5.74) is 3.50. The maximum atomic E-state index is 14.0. The minimum Gasteiger partial charge on any atom is -0.481 e. The molecule has 0 aliphatic carbocycles. The lowest BCUT2D eigenvalue weighted by molar-refractivity contribution is -0.670. The molecule has 3 atom stereocenters. The summed E-state index contributed by atoms with van der Waals surface area (Å²) in [5.74, 6) is -0.912. The summed E-state index contributed by atoms with van der Waals surface area (Å²) in [5, 5.41) is 10.6. The van der Waals surface area contributed by atoms with Crippen molar-refractivity contribution in [1.82, 2.24) is 4.90 Å². The van der Waals surface area contributed by atoms with Gasteiger partial charge < -0.3 is 24.4 Å². The number of carbonyl (C=O) groups excluding carboxylic acids is 2. The number of fused-ring (bicyclic) bond motifs is 2. The van der Waals surface area contributed by atoms with Gasteiger partial charge in [-0.2, -0.15) is 0 Å². The number of carboxylic acids is 1. The summed E-state index contributed by atoms with van der Waals surface area (Å²) >= 11 is 0. The largest absolute Gasteiger partial charge is 0.481 e. The van der Waals surface area contributed by atoms with Gasteiger partial charge in [-0.25, -0.2) is 4.57 Å². The summed E-state index contributed by atoms with van der Waals surface area (Å²) in [6, 6.07) is 16.7. The van der Waals surface area contributed by atoms with Crippen molar-refractivity contribution >= 4 is 29.2 Å². The molecule has 0 saturated carbocycles. The molecule has 6 rings (SSSR count). The number of unbranched alkanes of at least 4 members (excludes halogenated alkanes) is 1. The average molecular weight is 600 g/mol. The summed E-state index contributed by atoms with van der Waals surface area (Å²) < 4.78 is 13.0. The second-order valence-electron chi connectivity index (χ2n) is 11.8. The molecule has 2 amide bonds. The van der Waals surface area contributed by atoms with Crippen LogP contribution in [0.4, 0.5) is 11.4 Å². The number of amides is 2. The maximum absolute atomic E-state index is 14.0. The highest BCUT2D eigenvalue weighted by Gasteiger charge is 2.48. The number of pyridine rings is 1. The summed E-state index contributed by atoms with van der Waals surface area (Å²) in [6.07, 6.45) is 6.40. The first-order valence-electron chi connectivity index (χ1n) is 15.3. The highest BCUT2D eigenvalue weighted by Crippen LogP contribution is 2.43. The van der Waals surface area contributed by atoms with E-state index in [0.717, 1.165) is 35.3 Å². The Balaban J connectivity index is 1.30. The fourth-order valence-corrected chi connectivity index (χ4v) is 6.86. The van der Waals surface area contributed by atoms with E-state index in [4.69, 9.17) is 9.47 Å². The Morgan fingerprint density at radius 1 is 1.09 bits per heavy atom. The zero-order chi connectivity index (χ0) is 30.8. The second-order valence-corrected chi connectivity index (χ2v) is 11.8. The third kappa shape index (κ3) is 5.86. The van der Waals surface area contributed by atoms with E-state index in [1.807, 2.05) is 88.4 Å². The fourth-order valence-electron chi connectivity index (χ4n) is 6.86. The molecule has 0 radical (unpaired) electrons. The van der Waals surface area contributed by atoms with E-state index in [-0.39, 0.29) is 31.1 Å². The molecule has 0 spiro atoms. The van der Waals surface area contributed by atoms with Crippen molar-refractivity contribution in [1.29, 1.82) is 0 Å². The van der Waals surface area contributed by atoms with E-state index in [0.29, 0.717) is 44.0 Å². The van der Waals surface area contributed by atoms with Gasteiger partial charge in [0.1, 0.15) is 12.7 Å². The molecule has 230 valence electrons.